The molecule has 0 aromatic heterocycles. The number of carboxylic acid groups (broad SMARTS) is 2. The van der Waals surface area contributed by atoms with Gasteiger partial charge in [-0.3, -0.25) is 4.79 Å². The SMILES string of the molecule is CC(C)(C)OC[C@H]1NCCNC1=O.Cc1ccc(C(=O)O[C@@H](C(=O)O)[C@@H](OC(=O)c2ccc(C)cc2)C(=O)O)cc1. The molecule has 1 amide bonds. The van der Waals surface area contributed by atoms with E-state index in [0.717, 1.165) is 17.7 Å². The summed E-state index contributed by atoms with van der Waals surface area (Å²) in [6.07, 6.45) is -4.44. The Bertz CT molecular complexity index is 1140. The lowest BCUT2D eigenvalue weighted by Gasteiger charge is -2.27. The number of benzene rings is 2. The van der Waals surface area contributed by atoms with E-state index in [9.17, 15) is 34.2 Å². The number of aliphatic carboxylic acids is 2. The van der Waals surface area contributed by atoms with Crippen molar-refractivity contribution in [3.63, 3.8) is 0 Å². The maximum Gasteiger partial charge on any atom is 0.349 e. The zero-order valence-electron chi connectivity index (χ0n) is 23.6. The number of carbonyl (C=O) groups excluding carboxylic acids is 3. The van der Waals surface area contributed by atoms with E-state index in [1.165, 1.54) is 24.3 Å². The molecule has 1 heterocycles. The van der Waals surface area contributed by atoms with Gasteiger partial charge in [0, 0.05) is 13.1 Å². The highest BCUT2D eigenvalue weighted by atomic mass is 16.6. The van der Waals surface area contributed by atoms with E-state index < -0.39 is 36.1 Å². The Kier molecular flexibility index (Phi) is 12.0. The number of aryl methyl sites for hydroxylation is 2. The first-order valence-electron chi connectivity index (χ1n) is 12.8. The van der Waals surface area contributed by atoms with Crippen molar-refractivity contribution in [3.05, 3.63) is 70.8 Å². The zero-order valence-corrected chi connectivity index (χ0v) is 23.6. The van der Waals surface area contributed by atoms with Crippen molar-refractivity contribution in [3.8, 4) is 0 Å². The third kappa shape index (κ3) is 11.0. The number of hydrogen-bond donors (Lipinski definition) is 4. The van der Waals surface area contributed by atoms with Crippen LogP contribution in [-0.4, -0.2) is 83.5 Å². The largest absolute Gasteiger partial charge is 0.478 e. The predicted octanol–water partition coefficient (Wildman–Crippen LogP) is 2.11. The van der Waals surface area contributed by atoms with Crippen molar-refractivity contribution in [2.45, 2.75) is 58.5 Å². The molecule has 3 atom stereocenters. The van der Waals surface area contributed by atoms with E-state index in [4.69, 9.17) is 14.2 Å². The monoisotopic (exact) mass is 572 g/mol. The number of esters is 2. The first kappa shape index (κ1) is 32.9. The van der Waals surface area contributed by atoms with Gasteiger partial charge < -0.3 is 35.1 Å². The molecule has 0 saturated carbocycles. The first-order valence-corrected chi connectivity index (χ1v) is 12.8. The van der Waals surface area contributed by atoms with Crippen LogP contribution < -0.4 is 10.6 Å². The Morgan fingerprint density at radius 2 is 1.22 bits per heavy atom. The van der Waals surface area contributed by atoms with Crippen molar-refractivity contribution in [1.29, 1.82) is 0 Å². The number of hydrogen-bond acceptors (Lipinski definition) is 9. The maximum atomic E-state index is 12.2. The number of nitrogens with one attached hydrogen (secondary N) is 2. The molecule has 0 spiro atoms. The van der Waals surface area contributed by atoms with Gasteiger partial charge in [-0.1, -0.05) is 35.4 Å². The molecule has 41 heavy (non-hydrogen) atoms. The minimum atomic E-state index is -2.22. The van der Waals surface area contributed by atoms with Gasteiger partial charge in [-0.2, -0.15) is 0 Å². The molecule has 12 nitrogen and oxygen atoms in total. The zero-order chi connectivity index (χ0) is 30.7. The fourth-order valence-electron chi connectivity index (χ4n) is 3.35. The summed E-state index contributed by atoms with van der Waals surface area (Å²) in [5.41, 5.74) is 1.61. The van der Waals surface area contributed by atoms with Crippen LogP contribution in [-0.2, 0) is 28.6 Å². The lowest BCUT2D eigenvalue weighted by atomic mass is 10.1. The second kappa shape index (κ2) is 14.9. The molecular weight excluding hydrogens is 536 g/mol. The average Bonchev–Trinajstić information content (AvgIpc) is 2.90. The number of carbonyl (C=O) groups is 5. The van der Waals surface area contributed by atoms with Crippen LogP contribution >= 0.6 is 0 Å². The van der Waals surface area contributed by atoms with Gasteiger partial charge in [0.2, 0.25) is 18.1 Å². The third-order valence-electron chi connectivity index (χ3n) is 5.62. The summed E-state index contributed by atoms with van der Waals surface area (Å²) in [7, 11) is 0. The molecule has 0 aliphatic carbocycles. The number of amides is 1. The quantitative estimate of drug-likeness (QED) is 0.324. The Labute approximate surface area is 238 Å². The Hall–Kier alpha value is -4.29. The molecule has 0 bridgehead atoms. The van der Waals surface area contributed by atoms with Crippen LogP contribution in [0.2, 0.25) is 0 Å². The van der Waals surface area contributed by atoms with Gasteiger partial charge >= 0.3 is 23.9 Å². The molecular formula is C29H36N2O10. The Morgan fingerprint density at radius 3 is 1.56 bits per heavy atom. The molecule has 0 radical (unpaired) electrons. The van der Waals surface area contributed by atoms with E-state index in [0.29, 0.717) is 13.2 Å². The van der Waals surface area contributed by atoms with E-state index >= 15 is 0 Å². The topological polar surface area (TPSA) is 178 Å². The van der Waals surface area contributed by atoms with Crippen molar-refractivity contribution in [2.24, 2.45) is 0 Å². The molecule has 2 aromatic carbocycles. The highest BCUT2D eigenvalue weighted by Crippen LogP contribution is 2.14. The summed E-state index contributed by atoms with van der Waals surface area (Å²) < 4.78 is 15.2. The fourth-order valence-corrected chi connectivity index (χ4v) is 3.35. The van der Waals surface area contributed by atoms with Gasteiger partial charge in [0.25, 0.3) is 0 Å². The van der Waals surface area contributed by atoms with Crippen molar-refractivity contribution in [2.75, 3.05) is 19.7 Å². The van der Waals surface area contributed by atoms with Crippen LogP contribution in [0.5, 0.6) is 0 Å². The van der Waals surface area contributed by atoms with Crippen molar-refractivity contribution < 1.29 is 48.4 Å². The second-order valence-electron chi connectivity index (χ2n) is 10.3. The molecule has 1 fully saturated rings. The third-order valence-corrected chi connectivity index (χ3v) is 5.62. The summed E-state index contributed by atoms with van der Waals surface area (Å²) in [6, 6.07) is 11.9. The molecule has 1 aliphatic rings. The van der Waals surface area contributed by atoms with Crippen molar-refractivity contribution >= 4 is 29.8 Å². The highest BCUT2D eigenvalue weighted by molar-refractivity contribution is 5.95. The minimum absolute atomic E-state index is 0.0332. The molecule has 0 unspecified atom stereocenters. The Morgan fingerprint density at radius 1 is 0.805 bits per heavy atom. The molecule has 1 saturated heterocycles. The Balaban J connectivity index is 0.000000377. The highest BCUT2D eigenvalue weighted by Gasteiger charge is 2.41. The lowest BCUT2D eigenvalue weighted by Crippen LogP contribution is -2.55. The summed E-state index contributed by atoms with van der Waals surface area (Å²) >= 11 is 0. The summed E-state index contributed by atoms with van der Waals surface area (Å²) in [5.74, 6) is -5.58. The van der Waals surface area contributed by atoms with E-state index in [-0.39, 0.29) is 28.7 Å². The first-order chi connectivity index (χ1) is 19.2. The van der Waals surface area contributed by atoms with Crippen LogP contribution in [0.15, 0.2) is 48.5 Å². The van der Waals surface area contributed by atoms with Gasteiger partial charge in [0.15, 0.2) is 0 Å². The van der Waals surface area contributed by atoms with E-state index in [1.54, 1.807) is 38.1 Å². The van der Waals surface area contributed by atoms with Crippen molar-refractivity contribution in [1.82, 2.24) is 10.6 Å². The number of rotatable bonds is 9. The molecule has 12 heteroatoms. The average molecular weight is 573 g/mol. The molecule has 222 valence electrons. The number of ether oxygens (including phenoxy) is 3. The van der Waals surface area contributed by atoms with Crippen LogP contribution in [0, 0.1) is 13.8 Å². The summed E-state index contributed by atoms with van der Waals surface area (Å²) in [6.45, 7) is 11.5. The summed E-state index contributed by atoms with van der Waals surface area (Å²) in [5, 5.41) is 24.5. The van der Waals surface area contributed by atoms with Crippen LogP contribution in [0.25, 0.3) is 0 Å². The number of piperazine rings is 1. The lowest BCUT2D eigenvalue weighted by molar-refractivity contribution is -0.166. The number of carboxylic acids is 2. The van der Waals surface area contributed by atoms with Gasteiger partial charge in [0.1, 0.15) is 6.04 Å². The van der Waals surface area contributed by atoms with E-state index in [2.05, 4.69) is 10.6 Å². The second-order valence-corrected chi connectivity index (χ2v) is 10.3. The smallest absolute Gasteiger partial charge is 0.349 e. The normalized spacial score (nSPS) is 16.2. The minimum Gasteiger partial charge on any atom is -0.478 e. The fraction of sp³-hybridized carbons (Fsp3) is 0.414. The molecule has 4 N–H and O–H groups in total. The molecule has 3 rings (SSSR count). The standard InChI is InChI=1S/C20H18O8.C9H18N2O2/c1-11-3-7-13(8-4-11)19(25)27-15(17(21)22)16(18(23)24)28-20(26)14-9-5-12(2)6-10-14;1-9(2,3)13-6-7-8(12)11-5-4-10-7/h3-10,15-16H,1-2H3,(H,21,22)(H,23,24);7,10H,4-6H2,1-3H3,(H,11,12)/t15-,16-;7-/m11/s1. The van der Waals surface area contributed by atoms with Crippen LogP contribution in [0.1, 0.15) is 52.6 Å². The summed E-state index contributed by atoms with van der Waals surface area (Å²) in [4.78, 5) is 58.6. The van der Waals surface area contributed by atoms with E-state index in [1.807, 2.05) is 20.8 Å². The molecule has 1 aliphatic heterocycles. The van der Waals surface area contributed by atoms with Gasteiger partial charge in [-0.15, -0.1) is 0 Å². The van der Waals surface area contributed by atoms with Crippen LogP contribution in [0.3, 0.4) is 0 Å². The van der Waals surface area contributed by atoms with Gasteiger partial charge in [-0.05, 0) is 58.9 Å². The maximum absolute atomic E-state index is 12.2. The molecule has 2 aromatic rings. The van der Waals surface area contributed by atoms with Crippen LogP contribution in [0.4, 0.5) is 0 Å². The van der Waals surface area contributed by atoms with Gasteiger partial charge in [0.05, 0.1) is 23.3 Å². The predicted molar refractivity (Wildman–Crippen MR) is 147 cm³/mol. The van der Waals surface area contributed by atoms with Gasteiger partial charge in [-0.25, -0.2) is 19.2 Å².